The van der Waals surface area contributed by atoms with Crippen LogP contribution in [0.5, 0.6) is 0 Å². The first kappa shape index (κ1) is 16.0. The van der Waals surface area contributed by atoms with Gasteiger partial charge in [0.15, 0.2) is 0 Å². The van der Waals surface area contributed by atoms with Crippen LogP contribution in [0.2, 0.25) is 0 Å². The molecule has 0 fully saturated rings. The molecule has 22 heavy (non-hydrogen) atoms. The Morgan fingerprint density at radius 2 is 1.91 bits per heavy atom. The Morgan fingerprint density at radius 1 is 1.23 bits per heavy atom. The number of amidine groups is 1. The molecule has 0 radical (unpaired) electrons. The van der Waals surface area contributed by atoms with Gasteiger partial charge in [-0.2, -0.15) is 0 Å². The molecule has 0 bridgehead atoms. The molecule has 1 unspecified atom stereocenters. The molecule has 0 aromatic heterocycles. The number of hydroxylamine groups is 2. The zero-order valence-corrected chi connectivity index (χ0v) is 12.7. The van der Waals surface area contributed by atoms with E-state index in [4.69, 9.17) is 9.57 Å². The zero-order valence-electron chi connectivity index (χ0n) is 12.7. The first-order valence-electron chi connectivity index (χ1n) is 6.71. The third-order valence-electron chi connectivity index (χ3n) is 3.28. The van der Waals surface area contributed by atoms with E-state index in [1.807, 2.05) is 30.3 Å². The summed E-state index contributed by atoms with van der Waals surface area (Å²) in [6.07, 6.45) is 0.121. The molecule has 0 saturated heterocycles. The van der Waals surface area contributed by atoms with Gasteiger partial charge in [-0.25, -0.2) is 19.7 Å². The largest absolute Gasteiger partial charge is 0.469 e. The van der Waals surface area contributed by atoms with Gasteiger partial charge in [0.2, 0.25) is 0 Å². The molecular weight excluding hydrogens is 288 g/mol. The fraction of sp³-hybridized carbons (Fsp3) is 0.400. The predicted molar refractivity (Wildman–Crippen MR) is 77.8 cm³/mol. The second kappa shape index (κ2) is 6.57. The van der Waals surface area contributed by atoms with Crippen LogP contribution >= 0.6 is 0 Å². The van der Waals surface area contributed by atoms with Crippen LogP contribution < -0.4 is 0 Å². The number of nitrogens with zero attached hydrogens (tertiary/aromatic N) is 2. The van der Waals surface area contributed by atoms with Crippen LogP contribution in [-0.4, -0.2) is 49.8 Å². The van der Waals surface area contributed by atoms with E-state index in [-0.39, 0.29) is 6.42 Å². The molecule has 7 heteroatoms. The summed E-state index contributed by atoms with van der Waals surface area (Å²) in [7, 11) is 4.08. The van der Waals surface area contributed by atoms with Crippen LogP contribution in [0.4, 0.5) is 0 Å². The summed E-state index contributed by atoms with van der Waals surface area (Å²) >= 11 is 0. The van der Waals surface area contributed by atoms with Gasteiger partial charge in [0, 0.05) is 13.5 Å². The van der Waals surface area contributed by atoms with Crippen LogP contribution in [0.3, 0.4) is 0 Å². The average Bonchev–Trinajstić information content (AvgIpc) is 2.84. The number of methoxy groups -OCH3 is 2. The number of hydrogen-bond acceptors (Lipinski definition) is 7. The summed E-state index contributed by atoms with van der Waals surface area (Å²) in [6.45, 7) is 0. The molecule has 0 saturated carbocycles. The van der Waals surface area contributed by atoms with Crippen molar-refractivity contribution in [2.75, 3.05) is 21.3 Å². The topological polar surface area (TPSA) is 77.4 Å². The van der Waals surface area contributed by atoms with Crippen LogP contribution in [0.15, 0.2) is 35.3 Å². The van der Waals surface area contributed by atoms with Gasteiger partial charge < -0.3 is 9.47 Å². The Bertz CT molecular complexity index is 587. The van der Waals surface area contributed by atoms with Crippen LogP contribution in [0.25, 0.3) is 0 Å². The summed E-state index contributed by atoms with van der Waals surface area (Å²) < 4.78 is 9.33. The van der Waals surface area contributed by atoms with Crippen molar-refractivity contribution in [2.24, 2.45) is 4.99 Å². The maximum Gasteiger partial charge on any atom is 0.364 e. The molecule has 1 atom stereocenters. The van der Waals surface area contributed by atoms with Gasteiger partial charge in [-0.15, -0.1) is 0 Å². The minimum absolute atomic E-state index is 0.348. The summed E-state index contributed by atoms with van der Waals surface area (Å²) in [4.78, 5) is 33.4. The molecule has 1 aliphatic rings. The average molecular weight is 306 g/mol. The highest BCUT2D eigenvalue weighted by Gasteiger charge is 2.50. The van der Waals surface area contributed by atoms with E-state index >= 15 is 0 Å². The van der Waals surface area contributed by atoms with E-state index in [9.17, 15) is 9.59 Å². The SMILES string of the molecule is COC(=O)CC1(C(=O)OC)N=C(Cc2ccccc2)N(C)O1. The Balaban J connectivity index is 2.28. The second-order valence-electron chi connectivity index (χ2n) is 4.81. The van der Waals surface area contributed by atoms with Crippen molar-refractivity contribution >= 4 is 17.8 Å². The molecule has 0 spiro atoms. The molecule has 1 aliphatic heterocycles. The number of benzene rings is 1. The fourth-order valence-corrected chi connectivity index (χ4v) is 2.16. The van der Waals surface area contributed by atoms with Crippen LogP contribution in [-0.2, 0) is 30.3 Å². The lowest BCUT2D eigenvalue weighted by molar-refractivity contribution is -0.205. The van der Waals surface area contributed by atoms with Crippen LogP contribution in [0.1, 0.15) is 12.0 Å². The van der Waals surface area contributed by atoms with E-state index in [1.165, 1.54) is 19.3 Å². The number of hydrogen-bond donors (Lipinski definition) is 0. The molecule has 0 amide bonds. The Hall–Kier alpha value is -2.41. The molecule has 2 rings (SSSR count). The van der Waals surface area contributed by atoms with Crippen molar-refractivity contribution in [3.63, 3.8) is 0 Å². The van der Waals surface area contributed by atoms with Gasteiger partial charge in [-0.3, -0.25) is 4.79 Å². The van der Waals surface area contributed by atoms with E-state index in [0.29, 0.717) is 12.3 Å². The minimum Gasteiger partial charge on any atom is -0.469 e. The Morgan fingerprint density at radius 3 is 2.50 bits per heavy atom. The second-order valence-corrected chi connectivity index (χ2v) is 4.81. The smallest absolute Gasteiger partial charge is 0.364 e. The number of carbonyl (C=O) groups excluding carboxylic acids is 2. The highest BCUT2D eigenvalue weighted by Crippen LogP contribution is 2.29. The first-order valence-corrected chi connectivity index (χ1v) is 6.71. The molecule has 1 heterocycles. The Labute approximate surface area is 128 Å². The van der Waals surface area contributed by atoms with Crippen molar-refractivity contribution in [1.29, 1.82) is 0 Å². The number of carbonyl (C=O) groups is 2. The lowest BCUT2D eigenvalue weighted by Crippen LogP contribution is -2.42. The molecule has 0 aliphatic carbocycles. The molecule has 7 nitrogen and oxygen atoms in total. The normalized spacial score (nSPS) is 20.5. The van der Waals surface area contributed by atoms with Crippen molar-refractivity contribution in [3.05, 3.63) is 35.9 Å². The third kappa shape index (κ3) is 3.25. The van der Waals surface area contributed by atoms with E-state index in [2.05, 4.69) is 9.73 Å². The van der Waals surface area contributed by atoms with Gasteiger partial charge in [-0.05, 0) is 5.56 Å². The number of rotatable bonds is 5. The lowest BCUT2D eigenvalue weighted by atomic mass is 10.1. The minimum atomic E-state index is -1.72. The van der Waals surface area contributed by atoms with Crippen molar-refractivity contribution in [3.8, 4) is 0 Å². The number of aliphatic imine (C=N–C) groups is 1. The standard InChI is InChI=1S/C15H18N2O5/c1-17-12(9-11-7-5-4-6-8-11)16-15(22-17,14(19)21-3)10-13(18)20-2/h4-8H,9-10H2,1-3H3. The van der Waals surface area contributed by atoms with Gasteiger partial charge in [0.25, 0.3) is 5.72 Å². The van der Waals surface area contributed by atoms with Gasteiger partial charge >= 0.3 is 11.9 Å². The molecule has 1 aromatic carbocycles. The van der Waals surface area contributed by atoms with Gasteiger partial charge in [0.05, 0.1) is 14.2 Å². The van der Waals surface area contributed by atoms with Crippen molar-refractivity contribution in [1.82, 2.24) is 5.06 Å². The van der Waals surface area contributed by atoms with Crippen molar-refractivity contribution in [2.45, 2.75) is 18.6 Å². The third-order valence-corrected chi connectivity index (χ3v) is 3.28. The van der Waals surface area contributed by atoms with Crippen molar-refractivity contribution < 1.29 is 23.9 Å². The summed E-state index contributed by atoms with van der Waals surface area (Å²) in [5.41, 5.74) is -0.712. The highest BCUT2D eigenvalue weighted by atomic mass is 16.7. The van der Waals surface area contributed by atoms with E-state index in [0.717, 1.165) is 5.56 Å². The maximum atomic E-state index is 12.0. The molecule has 118 valence electrons. The summed E-state index contributed by atoms with van der Waals surface area (Å²) in [5, 5.41) is 1.38. The Kier molecular flexibility index (Phi) is 4.77. The highest BCUT2D eigenvalue weighted by molar-refractivity contribution is 5.93. The molecule has 1 aromatic rings. The monoisotopic (exact) mass is 306 g/mol. The summed E-state index contributed by atoms with van der Waals surface area (Å²) in [5.74, 6) is -0.822. The van der Waals surface area contributed by atoms with E-state index < -0.39 is 17.7 Å². The zero-order chi connectivity index (χ0) is 16.2. The van der Waals surface area contributed by atoms with Gasteiger partial charge in [-0.1, -0.05) is 30.3 Å². The molecule has 0 N–H and O–H groups in total. The van der Waals surface area contributed by atoms with Gasteiger partial charge in [0.1, 0.15) is 12.3 Å². The quantitative estimate of drug-likeness (QED) is 0.753. The predicted octanol–water partition coefficient (Wildman–Crippen LogP) is 0.937. The molecular formula is C15H18N2O5. The first-order chi connectivity index (χ1) is 10.5. The lowest BCUT2D eigenvalue weighted by Gasteiger charge is -2.22. The maximum absolute atomic E-state index is 12.0. The number of esters is 2. The summed E-state index contributed by atoms with van der Waals surface area (Å²) in [6, 6.07) is 9.61. The number of likely N-dealkylation sites (N-methyl/N-ethyl adjacent to an activating group) is 1. The van der Waals surface area contributed by atoms with E-state index in [1.54, 1.807) is 7.05 Å². The number of ether oxygens (including phenoxy) is 2. The fourth-order valence-electron chi connectivity index (χ4n) is 2.16. The van der Waals surface area contributed by atoms with Crippen LogP contribution in [0, 0.1) is 0 Å².